The van der Waals surface area contributed by atoms with Gasteiger partial charge in [0.05, 0.1) is 50.7 Å². The summed E-state index contributed by atoms with van der Waals surface area (Å²) in [4.78, 5) is 65.0. The van der Waals surface area contributed by atoms with E-state index >= 15 is 0 Å². The van der Waals surface area contributed by atoms with E-state index in [0.29, 0.717) is 19.3 Å². The standard InChI is InChI=1S/C45H71N3O26/c1-19-30(57)33(60)34(61)42(68-19)72-38-29(48-40(63)21-11-12-26(55)46-15-21)41(67-13-9-7-5-4-6-8-10-27(56)66-3)70-25(18-51)36(38)71-43-35(62)39(32(59)24(17-50)69-43)74-45(44(64)65)14-22(53)28(47-20(2)52)37(73-45)31(58)23(54)16-49/h11-12,15,19,22-25,28-39,41-43,49-51,53-54,57-62H,4-10,13-14,16-18H2,1-3H3,(H,46,55)(H,47,52)(H,48,63)(H,64,65)/t19?,22?,23?,24?,25?,28-,29?,30-,31?,32+,33?,34?,35?,36-,37?,38?,39?,41-,42+,43?,45+/m1/s1. The Morgan fingerprint density at radius 3 is 2.01 bits per heavy atom. The molecule has 21 atom stereocenters. The highest BCUT2D eigenvalue weighted by Gasteiger charge is 2.61. The first-order chi connectivity index (χ1) is 35.1. The number of amides is 2. The van der Waals surface area contributed by atoms with E-state index in [0.717, 1.165) is 38.4 Å². The molecule has 0 aliphatic carbocycles. The number of esters is 1. The van der Waals surface area contributed by atoms with E-state index in [-0.39, 0.29) is 24.6 Å². The van der Waals surface area contributed by atoms with Crippen molar-refractivity contribution < 1.29 is 123 Å². The Hall–Kier alpha value is -3.93. The van der Waals surface area contributed by atoms with E-state index < -0.39 is 178 Å². The summed E-state index contributed by atoms with van der Waals surface area (Å²) in [5, 5.41) is 135. The van der Waals surface area contributed by atoms with Crippen molar-refractivity contribution >= 4 is 23.8 Å². The summed E-state index contributed by atoms with van der Waals surface area (Å²) in [5.41, 5.74) is -0.674. The van der Waals surface area contributed by atoms with E-state index in [1.807, 2.05) is 0 Å². The van der Waals surface area contributed by atoms with Crippen LogP contribution in [0, 0.1) is 0 Å². The molecule has 4 aliphatic rings. The molecule has 1 aromatic rings. The Morgan fingerprint density at radius 1 is 0.770 bits per heavy atom. The zero-order valence-corrected chi connectivity index (χ0v) is 40.8. The van der Waals surface area contributed by atoms with Gasteiger partial charge in [-0.15, -0.1) is 0 Å². The fraction of sp³-hybridized carbons (Fsp3) is 0.800. The summed E-state index contributed by atoms with van der Waals surface area (Å²) in [5.74, 6) is -7.22. The van der Waals surface area contributed by atoms with Crippen molar-refractivity contribution in [2.75, 3.05) is 33.5 Å². The molecular formula is C45H71N3O26. The van der Waals surface area contributed by atoms with Gasteiger partial charge in [-0.25, -0.2) is 4.79 Å². The summed E-state index contributed by atoms with van der Waals surface area (Å²) in [7, 11) is 1.31. The molecule has 15 N–H and O–H groups in total. The number of methoxy groups -OCH3 is 1. The number of carboxylic acids is 1. The van der Waals surface area contributed by atoms with E-state index in [4.69, 9.17) is 37.9 Å². The van der Waals surface area contributed by atoms with Crippen molar-refractivity contribution in [3.63, 3.8) is 0 Å². The SMILES string of the molecule is COC(=O)CCCCCCCCO[C@@H]1OC(CO)[C@@H](OC2OC(CO)[C@H](O)C(O[C@]3(C(=O)O)CC(O)[C@@H](NC(C)=O)C(C(O)C(O)CO)O3)C2O)C(O[C@@H]2OC(C)[C@@H](O)C(O)C2O)C1NC(=O)c1ccc(=O)[nH]c1. The molecule has 2 amide bonds. The summed E-state index contributed by atoms with van der Waals surface area (Å²) >= 11 is 0. The molecule has 0 bridgehead atoms. The molecule has 5 heterocycles. The summed E-state index contributed by atoms with van der Waals surface area (Å²) < 4.78 is 52.7. The van der Waals surface area contributed by atoms with Crippen LogP contribution >= 0.6 is 0 Å². The van der Waals surface area contributed by atoms with Crippen molar-refractivity contribution in [3.05, 3.63) is 34.2 Å². The molecule has 1 aromatic heterocycles. The van der Waals surface area contributed by atoms with Gasteiger partial charge >= 0.3 is 11.9 Å². The van der Waals surface area contributed by atoms with Crippen LogP contribution in [0.5, 0.6) is 0 Å². The second-order valence-electron chi connectivity index (χ2n) is 18.5. The Morgan fingerprint density at radius 2 is 1.41 bits per heavy atom. The normalized spacial score (nSPS) is 37.3. The minimum Gasteiger partial charge on any atom is -0.477 e. The van der Waals surface area contributed by atoms with Crippen molar-refractivity contribution in [1.29, 1.82) is 0 Å². The molecule has 4 fully saturated rings. The zero-order valence-electron chi connectivity index (χ0n) is 40.8. The lowest BCUT2D eigenvalue weighted by Gasteiger charge is -2.51. The van der Waals surface area contributed by atoms with E-state index in [2.05, 4.69) is 20.4 Å². The van der Waals surface area contributed by atoms with E-state index in [9.17, 15) is 85.3 Å². The van der Waals surface area contributed by atoms with Crippen LogP contribution in [0.25, 0.3) is 0 Å². The van der Waals surface area contributed by atoms with E-state index in [1.54, 1.807) is 0 Å². The maximum atomic E-state index is 14.0. The number of aliphatic hydroxyl groups excluding tert-OH is 11. The number of H-pyrrole nitrogens is 1. The molecule has 4 saturated heterocycles. The number of rotatable bonds is 25. The fourth-order valence-corrected chi connectivity index (χ4v) is 9.05. The van der Waals surface area contributed by atoms with Crippen molar-refractivity contribution in [3.8, 4) is 0 Å². The lowest BCUT2D eigenvalue weighted by Crippen LogP contribution is -2.71. The van der Waals surface area contributed by atoms with E-state index in [1.165, 1.54) is 20.1 Å². The number of ether oxygens (including phenoxy) is 9. The molecule has 29 heteroatoms. The van der Waals surface area contributed by atoms with Crippen LogP contribution in [0.3, 0.4) is 0 Å². The van der Waals surface area contributed by atoms with Gasteiger partial charge in [-0.3, -0.25) is 19.2 Å². The van der Waals surface area contributed by atoms with Crippen LogP contribution in [-0.2, 0) is 57.0 Å². The Bertz CT molecular complexity index is 2000. The number of nitrogens with one attached hydrogen (secondary N) is 3. The maximum Gasteiger partial charge on any atom is 0.364 e. The van der Waals surface area contributed by atoms with Gasteiger partial charge in [-0.05, 0) is 25.8 Å². The number of aliphatic hydroxyl groups is 11. The van der Waals surface area contributed by atoms with Crippen LogP contribution in [0.4, 0.5) is 0 Å². The van der Waals surface area contributed by atoms with Gasteiger partial charge in [0.25, 0.3) is 11.7 Å². The van der Waals surface area contributed by atoms with Gasteiger partial charge in [-0.1, -0.05) is 25.7 Å². The minimum absolute atomic E-state index is 0.0389. The molecule has 14 unspecified atom stereocenters. The largest absolute Gasteiger partial charge is 0.477 e. The number of hydrogen-bond acceptors (Lipinski definition) is 25. The third-order valence-electron chi connectivity index (χ3n) is 13.2. The van der Waals surface area contributed by atoms with Gasteiger partial charge in [-0.2, -0.15) is 0 Å². The second kappa shape index (κ2) is 27.9. The van der Waals surface area contributed by atoms with Crippen LogP contribution in [-0.4, -0.2) is 252 Å². The molecule has 422 valence electrons. The number of aromatic amines is 1. The van der Waals surface area contributed by atoms with Gasteiger partial charge in [0, 0.05) is 38.6 Å². The molecule has 0 aromatic carbocycles. The molecule has 0 spiro atoms. The first-order valence-corrected chi connectivity index (χ1v) is 24.2. The highest BCUT2D eigenvalue weighted by atomic mass is 16.8. The average Bonchev–Trinajstić information content (AvgIpc) is 3.37. The summed E-state index contributed by atoms with van der Waals surface area (Å²) in [6, 6.07) is -1.01. The Labute approximate surface area is 423 Å². The average molecular weight is 1070 g/mol. The number of carboxylic acid groups (broad SMARTS) is 1. The minimum atomic E-state index is -3.17. The van der Waals surface area contributed by atoms with Gasteiger partial charge in [0.1, 0.15) is 85.4 Å². The number of carbonyl (C=O) groups excluding carboxylic acids is 3. The number of hydrogen-bond donors (Lipinski definition) is 15. The smallest absolute Gasteiger partial charge is 0.364 e. The number of aromatic nitrogens is 1. The number of aliphatic carboxylic acids is 1. The molecular weight excluding hydrogens is 998 g/mol. The van der Waals surface area contributed by atoms with Crippen molar-refractivity contribution in [2.45, 2.75) is 194 Å². The quantitative estimate of drug-likeness (QED) is 0.0320. The maximum absolute atomic E-state index is 14.0. The van der Waals surface area contributed by atoms with Gasteiger partial charge in [0.2, 0.25) is 11.5 Å². The predicted molar refractivity (Wildman–Crippen MR) is 242 cm³/mol. The molecule has 0 saturated carbocycles. The first kappa shape index (κ1) is 60.9. The van der Waals surface area contributed by atoms with Crippen LogP contribution < -0.4 is 16.2 Å². The summed E-state index contributed by atoms with van der Waals surface area (Å²) in [6.07, 6.45) is -30.3. The van der Waals surface area contributed by atoms with Crippen LogP contribution in [0.15, 0.2) is 23.1 Å². The Balaban J connectivity index is 1.50. The zero-order chi connectivity index (χ0) is 54.6. The third-order valence-corrected chi connectivity index (χ3v) is 13.2. The monoisotopic (exact) mass is 1070 g/mol. The first-order valence-electron chi connectivity index (χ1n) is 24.2. The number of carbonyl (C=O) groups is 4. The third kappa shape index (κ3) is 15.0. The highest BCUT2D eigenvalue weighted by Crippen LogP contribution is 2.39. The molecule has 5 rings (SSSR count). The van der Waals surface area contributed by atoms with Gasteiger partial charge < -0.3 is 120 Å². The van der Waals surface area contributed by atoms with Crippen LogP contribution in [0.2, 0.25) is 0 Å². The van der Waals surface area contributed by atoms with Crippen molar-refractivity contribution in [1.82, 2.24) is 15.6 Å². The van der Waals surface area contributed by atoms with Crippen molar-refractivity contribution in [2.24, 2.45) is 0 Å². The molecule has 0 radical (unpaired) electrons. The lowest BCUT2D eigenvalue weighted by atomic mass is 9.88. The molecule has 74 heavy (non-hydrogen) atoms. The summed E-state index contributed by atoms with van der Waals surface area (Å²) in [6.45, 7) is -0.841. The predicted octanol–water partition coefficient (Wildman–Crippen LogP) is -6.32. The number of unbranched alkanes of at least 4 members (excludes halogenated alkanes) is 5. The lowest BCUT2D eigenvalue weighted by molar-refractivity contribution is -0.391. The number of pyridine rings is 1. The van der Waals surface area contributed by atoms with Crippen LogP contribution in [0.1, 0.15) is 75.6 Å². The topological polar surface area (TPSA) is 451 Å². The molecule has 4 aliphatic heterocycles. The molecule has 29 nitrogen and oxygen atoms in total. The second-order valence-corrected chi connectivity index (χ2v) is 18.5. The van der Waals surface area contributed by atoms with Gasteiger partial charge in [0.15, 0.2) is 18.9 Å². The Kier molecular flexibility index (Phi) is 23.0. The highest BCUT2D eigenvalue weighted by molar-refractivity contribution is 5.94. The fourth-order valence-electron chi connectivity index (χ4n) is 9.05.